The van der Waals surface area contributed by atoms with Gasteiger partial charge in [-0.15, -0.1) is 0 Å². The molecule has 1 aromatic heterocycles. The highest BCUT2D eigenvalue weighted by Crippen LogP contribution is 2.48. The molecule has 1 fully saturated rings. The Morgan fingerprint density at radius 2 is 1.69 bits per heavy atom. The van der Waals surface area contributed by atoms with Crippen LogP contribution in [0.15, 0.2) is 40.8 Å². The molecule has 0 aliphatic heterocycles. The number of halogens is 1. The summed E-state index contributed by atoms with van der Waals surface area (Å²) in [6, 6.07) is 9.23. The molecule has 0 unspecified atom stereocenters. The number of amides is 1. The van der Waals surface area contributed by atoms with E-state index in [9.17, 15) is 22.4 Å². The summed E-state index contributed by atoms with van der Waals surface area (Å²) in [4.78, 5) is 23.9. The van der Waals surface area contributed by atoms with Crippen molar-refractivity contribution >= 4 is 38.4 Å². The predicted octanol–water partition coefficient (Wildman–Crippen LogP) is 4.03. The first-order valence-corrected chi connectivity index (χ1v) is 15.5. The predicted molar refractivity (Wildman–Crippen MR) is 153 cm³/mol. The van der Waals surface area contributed by atoms with Crippen molar-refractivity contribution in [3.05, 3.63) is 53.3 Å². The van der Waals surface area contributed by atoms with Crippen molar-refractivity contribution < 1.29 is 46.2 Å². The zero-order chi connectivity index (χ0) is 30.3. The van der Waals surface area contributed by atoms with Crippen LogP contribution in [0.2, 0.25) is 0 Å². The highest BCUT2D eigenvalue weighted by molar-refractivity contribution is 7.92. The molecule has 228 valence electrons. The van der Waals surface area contributed by atoms with Crippen LogP contribution in [-0.4, -0.2) is 77.8 Å². The van der Waals surface area contributed by atoms with Gasteiger partial charge in [0.1, 0.15) is 23.8 Å². The maximum absolute atomic E-state index is 13.6. The van der Waals surface area contributed by atoms with E-state index in [1.165, 1.54) is 21.9 Å². The van der Waals surface area contributed by atoms with E-state index in [0.717, 1.165) is 24.7 Å². The van der Waals surface area contributed by atoms with E-state index in [1.807, 2.05) is 6.07 Å². The molecule has 0 atom stereocenters. The van der Waals surface area contributed by atoms with Crippen LogP contribution in [0.1, 0.15) is 48.0 Å². The number of hydroxylamine groups is 1. The van der Waals surface area contributed by atoms with Crippen LogP contribution in [-0.2, 0) is 29.0 Å². The number of furan rings is 1. The van der Waals surface area contributed by atoms with Crippen LogP contribution < -0.4 is 9.79 Å². The normalized spacial score (nSPS) is 13.4. The first-order chi connectivity index (χ1) is 20.1. The van der Waals surface area contributed by atoms with Crippen molar-refractivity contribution in [3.8, 4) is 11.3 Å². The Hall–Kier alpha value is -3.36. The first-order valence-electron chi connectivity index (χ1n) is 13.7. The fourth-order valence-corrected chi connectivity index (χ4v) is 5.52. The van der Waals surface area contributed by atoms with Crippen LogP contribution in [0, 0.1) is 5.82 Å². The van der Waals surface area contributed by atoms with E-state index < -0.39 is 21.7 Å². The van der Waals surface area contributed by atoms with E-state index in [1.54, 1.807) is 25.1 Å². The summed E-state index contributed by atoms with van der Waals surface area (Å²) in [7, 11) is -3.71. The van der Waals surface area contributed by atoms with Gasteiger partial charge in [0.15, 0.2) is 5.78 Å². The second-order valence-corrected chi connectivity index (χ2v) is 11.8. The van der Waals surface area contributed by atoms with Crippen molar-refractivity contribution in [3.63, 3.8) is 0 Å². The minimum absolute atomic E-state index is 0.0513. The largest absolute Gasteiger partial charge is 0.455 e. The third-order valence-corrected chi connectivity index (χ3v) is 7.95. The zero-order valence-electron chi connectivity index (χ0n) is 23.6. The second kappa shape index (κ2) is 14.2. The summed E-state index contributed by atoms with van der Waals surface area (Å²) >= 11 is 0. The number of anilines is 1. The Kier molecular flexibility index (Phi) is 10.7. The van der Waals surface area contributed by atoms with E-state index in [4.69, 9.17) is 23.8 Å². The Morgan fingerprint density at radius 1 is 1.05 bits per heavy atom. The van der Waals surface area contributed by atoms with Gasteiger partial charge in [-0.1, -0.05) is 6.92 Å². The Morgan fingerprint density at radius 3 is 2.29 bits per heavy atom. The molecule has 2 aromatic carbocycles. The minimum atomic E-state index is -3.71. The number of hydrogen-bond acceptors (Lipinski definition) is 9. The third-order valence-electron chi connectivity index (χ3n) is 6.77. The summed E-state index contributed by atoms with van der Waals surface area (Å²) in [5.74, 6) is -0.712. The van der Waals surface area contributed by atoms with Gasteiger partial charge in [-0.05, 0) is 54.7 Å². The number of rotatable bonds is 17. The molecule has 0 bridgehead atoms. The Bertz CT molecular complexity index is 1500. The van der Waals surface area contributed by atoms with Gasteiger partial charge in [-0.3, -0.25) is 19.1 Å². The molecule has 13 heteroatoms. The van der Waals surface area contributed by atoms with Crippen molar-refractivity contribution in [2.45, 2.75) is 32.1 Å². The zero-order valence-corrected chi connectivity index (χ0v) is 24.4. The molecule has 0 spiro atoms. The standard InChI is InChI=1S/C29H35FN2O9S/c1-3-25(33)28-23-16-22(19-4-5-19)24(17-26(23)41-29(28)20-6-8-21(30)9-7-20)32(42(2,36)37)10-11-38-12-13-39-14-15-40-18-27(34)31-35/h6-9,16-17,19,35H,3-5,10-15,18H2,1-2H3,(H,31,34). The second-order valence-electron chi connectivity index (χ2n) is 9.92. The van der Waals surface area contributed by atoms with E-state index >= 15 is 0 Å². The summed E-state index contributed by atoms with van der Waals surface area (Å²) < 4.78 is 62.9. The number of carbonyl (C=O) groups excluding carboxylic acids is 2. The summed E-state index contributed by atoms with van der Waals surface area (Å²) in [6.07, 6.45) is 3.18. The molecular weight excluding hydrogens is 571 g/mol. The molecule has 1 aliphatic rings. The fourth-order valence-electron chi connectivity index (χ4n) is 4.59. The fraction of sp³-hybridized carbons (Fsp3) is 0.448. The van der Waals surface area contributed by atoms with Gasteiger partial charge in [0, 0.05) is 23.4 Å². The van der Waals surface area contributed by atoms with Crippen molar-refractivity contribution in [1.29, 1.82) is 0 Å². The van der Waals surface area contributed by atoms with Gasteiger partial charge in [0.05, 0.1) is 57.1 Å². The molecular formula is C29H35FN2O9S. The quantitative estimate of drug-likeness (QED) is 0.101. The van der Waals surface area contributed by atoms with Gasteiger partial charge >= 0.3 is 0 Å². The van der Waals surface area contributed by atoms with Gasteiger partial charge in [-0.25, -0.2) is 18.3 Å². The maximum atomic E-state index is 13.6. The number of ether oxygens (including phenoxy) is 3. The number of sulfonamides is 1. The van der Waals surface area contributed by atoms with Gasteiger partial charge in [0.25, 0.3) is 5.91 Å². The number of Topliss-reactive ketones (excluding diaryl/α,β-unsaturated/α-hetero) is 1. The lowest BCUT2D eigenvalue weighted by molar-refractivity contribution is -0.134. The lowest BCUT2D eigenvalue weighted by atomic mass is 9.97. The van der Waals surface area contributed by atoms with Gasteiger partial charge in [0.2, 0.25) is 10.0 Å². The number of benzene rings is 2. The van der Waals surface area contributed by atoms with E-state index in [0.29, 0.717) is 33.5 Å². The average Bonchev–Trinajstić information content (AvgIpc) is 3.74. The topological polar surface area (TPSA) is 145 Å². The highest BCUT2D eigenvalue weighted by atomic mass is 32.2. The molecule has 0 saturated heterocycles. The smallest absolute Gasteiger partial charge is 0.269 e. The Labute approximate surface area is 243 Å². The van der Waals surface area contributed by atoms with Crippen LogP contribution in [0.3, 0.4) is 0 Å². The molecule has 0 radical (unpaired) electrons. The number of carbonyl (C=O) groups is 2. The summed E-state index contributed by atoms with van der Waals surface area (Å²) in [5, 5.41) is 9.01. The summed E-state index contributed by atoms with van der Waals surface area (Å²) in [6.45, 7) is 2.45. The third kappa shape index (κ3) is 7.92. The molecule has 42 heavy (non-hydrogen) atoms. The van der Waals surface area contributed by atoms with Crippen LogP contribution in [0.5, 0.6) is 0 Å². The number of fused-ring (bicyclic) bond motifs is 1. The van der Waals surface area contributed by atoms with Gasteiger partial charge < -0.3 is 18.6 Å². The lowest BCUT2D eigenvalue weighted by Gasteiger charge is -2.25. The molecule has 11 nitrogen and oxygen atoms in total. The molecule has 1 amide bonds. The number of ketones is 1. The SMILES string of the molecule is CCC(=O)c1c(-c2ccc(F)cc2)oc2cc(N(CCOCCOCCOCC(=O)NO)S(C)(=O)=O)c(C3CC3)cc12. The monoisotopic (exact) mass is 606 g/mol. The number of nitrogens with one attached hydrogen (secondary N) is 1. The van der Waals surface area contributed by atoms with Crippen LogP contribution in [0.25, 0.3) is 22.3 Å². The summed E-state index contributed by atoms with van der Waals surface area (Å²) in [5.41, 5.74) is 4.09. The maximum Gasteiger partial charge on any atom is 0.269 e. The Balaban J connectivity index is 1.51. The van der Waals surface area contributed by atoms with Crippen molar-refractivity contribution in [2.24, 2.45) is 0 Å². The van der Waals surface area contributed by atoms with Crippen molar-refractivity contribution in [1.82, 2.24) is 5.48 Å². The van der Waals surface area contributed by atoms with E-state index in [2.05, 4.69) is 0 Å². The minimum Gasteiger partial charge on any atom is -0.455 e. The molecule has 1 heterocycles. The van der Waals surface area contributed by atoms with E-state index in [-0.39, 0.29) is 64.3 Å². The molecule has 4 rings (SSSR count). The number of nitrogens with zero attached hydrogens (tertiary/aromatic N) is 1. The number of hydrogen-bond donors (Lipinski definition) is 2. The first kappa shape index (κ1) is 31.6. The molecule has 1 aliphatic carbocycles. The van der Waals surface area contributed by atoms with Crippen LogP contribution in [0.4, 0.5) is 10.1 Å². The van der Waals surface area contributed by atoms with Gasteiger partial charge in [-0.2, -0.15) is 0 Å². The molecule has 3 aromatic rings. The highest BCUT2D eigenvalue weighted by Gasteiger charge is 2.33. The lowest BCUT2D eigenvalue weighted by Crippen LogP contribution is -2.34. The van der Waals surface area contributed by atoms with Crippen LogP contribution >= 0.6 is 0 Å². The van der Waals surface area contributed by atoms with Crippen molar-refractivity contribution in [2.75, 3.05) is 56.7 Å². The average molecular weight is 607 g/mol. The molecule has 2 N–H and O–H groups in total. The molecule has 1 saturated carbocycles.